The zero-order chi connectivity index (χ0) is 15.6. The number of nitrogens with zero attached hydrogens (tertiary/aromatic N) is 1. The number of carboxylic acids is 1. The lowest BCUT2D eigenvalue weighted by molar-refractivity contribution is -0.385. The van der Waals surface area contributed by atoms with E-state index in [1.54, 1.807) is 0 Å². The maximum absolute atomic E-state index is 12.2. The Kier molecular flexibility index (Phi) is 3.79. The van der Waals surface area contributed by atoms with Crippen molar-refractivity contribution in [3.63, 3.8) is 0 Å². The summed E-state index contributed by atoms with van der Waals surface area (Å²) in [6.45, 7) is -0.0592. The monoisotopic (exact) mass is 294 g/mol. The van der Waals surface area contributed by atoms with E-state index in [1.807, 2.05) is 0 Å². The van der Waals surface area contributed by atoms with Crippen molar-refractivity contribution >= 4 is 17.6 Å². The second-order valence-corrected chi connectivity index (χ2v) is 4.88. The Balaban J connectivity index is 2.22. The van der Waals surface area contributed by atoms with Gasteiger partial charge in [0, 0.05) is 12.6 Å². The maximum atomic E-state index is 12.2. The number of carboxylic acid groups (broad SMARTS) is 1. The summed E-state index contributed by atoms with van der Waals surface area (Å²) in [5, 5.41) is 22.5. The third kappa shape index (κ3) is 2.78. The van der Waals surface area contributed by atoms with Crippen LogP contribution in [0.15, 0.2) is 18.2 Å². The molecule has 0 aliphatic heterocycles. The summed E-state index contributed by atoms with van der Waals surface area (Å²) in [5.41, 5.74) is -1.52. The smallest absolute Gasteiger partial charge is 0.311 e. The number of aliphatic carboxylic acids is 1. The Labute approximate surface area is 119 Å². The number of benzene rings is 1. The molecule has 0 spiro atoms. The zero-order valence-corrected chi connectivity index (χ0v) is 11.3. The average Bonchev–Trinajstić information content (AvgIpc) is 3.25. The van der Waals surface area contributed by atoms with E-state index in [4.69, 9.17) is 9.84 Å². The third-order valence-corrected chi connectivity index (χ3v) is 3.54. The van der Waals surface area contributed by atoms with Crippen molar-refractivity contribution in [2.24, 2.45) is 5.41 Å². The van der Waals surface area contributed by atoms with E-state index >= 15 is 0 Å². The van der Waals surface area contributed by atoms with Crippen LogP contribution in [0.1, 0.15) is 23.2 Å². The topological polar surface area (TPSA) is 119 Å². The summed E-state index contributed by atoms with van der Waals surface area (Å²) >= 11 is 0. The Bertz CT molecular complexity index is 609. The van der Waals surface area contributed by atoms with E-state index in [-0.39, 0.29) is 23.5 Å². The summed E-state index contributed by atoms with van der Waals surface area (Å²) < 4.78 is 4.97. The highest BCUT2D eigenvalue weighted by Crippen LogP contribution is 2.45. The molecule has 112 valence electrons. The minimum atomic E-state index is -0.975. The molecule has 2 N–H and O–H groups in total. The fourth-order valence-corrected chi connectivity index (χ4v) is 2.03. The number of ether oxygens (including phenoxy) is 1. The van der Waals surface area contributed by atoms with Crippen LogP contribution in [0.5, 0.6) is 5.75 Å². The largest absolute Gasteiger partial charge is 0.496 e. The van der Waals surface area contributed by atoms with Crippen molar-refractivity contribution in [1.29, 1.82) is 0 Å². The van der Waals surface area contributed by atoms with Gasteiger partial charge in [-0.2, -0.15) is 0 Å². The molecule has 2 rings (SSSR count). The SMILES string of the molecule is COc1cccc([N+](=O)[O-])c1C(=O)NCC1(C(=O)O)CC1. The molecular formula is C13H14N2O6. The quantitative estimate of drug-likeness (QED) is 0.601. The number of hydrogen-bond donors (Lipinski definition) is 2. The molecular weight excluding hydrogens is 280 g/mol. The van der Waals surface area contributed by atoms with Gasteiger partial charge in [0.1, 0.15) is 5.75 Å². The van der Waals surface area contributed by atoms with Crippen LogP contribution < -0.4 is 10.1 Å². The second kappa shape index (κ2) is 5.39. The number of amides is 1. The standard InChI is InChI=1S/C13H14N2O6/c1-21-9-4-2-3-8(15(19)20)10(9)11(16)14-7-13(5-6-13)12(17)18/h2-4H,5-7H2,1H3,(H,14,16)(H,17,18). The van der Waals surface area contributed by atoms with Crippen LogP contribution in [0.3, 0.4) is 0 Å². The number of methoxy groups -OCH3 is 1. The molecule has 1 aromatic rings. The molecule has 1 saturated carbocycles. The van der Waals surface area contributed by atoms with E-state index in [2.05, 4.69) is 5.32 Å². The van der Waals surface area contributed by atoms with Crippen molar-refractivity contribution in [3.05, 3.63) is 33.9 Å². The first-order chi connectivity index (χ1) is 9.91. The van der Waals surface area contributed by atoms with Gasteiger partial charge in [0.25, 0.3) is 11.6 Å². The molecule has 8 heteroatoms. The molecule has 1 fully saturated rings. The number of carbonyl (C=O) groups excluding carboxylic acids is 1. The molecule has 1 amide bonds. The summed E-state index contributed by atoms with van der Waals surface area (Å²) in [6, 6.07) is 4.04. The van der Waals surface area contributed by atoms with E-state index < -0.39 is 22.2 Å². The molecule has 1 aliphatic carbocycles. The molecule has 0 saturated heterocycles. The van der Waals surface area contributed by atoms with Gasteiger partial charge < -0.3 is 15.2 Å². The van der Waals surface area contributed by atoms with Crippen LogP contribution in [0, 0.1) is 15.5 Å². The van der Waals surface area contributed by atoms with Gasteiger partial charge in [-0.1, -0.05) is 6.07 Å². The molecule has 21 heavy (non-hydrogen) atoms. The van der Waals surface area contributed by atoms with Gasteiger partial charge in [-0.15, -0.1) is 0 Å². The maximum Gasteiger partial charge on any atom is 0.311 e. The molecule has 8 nitrogen and oxygen atoms in total. The van der Waals surface area contributed by atoms with Crippen molar-refractivity contribution in [1.82, 2.24) is 5.32 Å². The highest BCUT2D eigenvalue weighted by molar-refractivity contribution is 6.01. The van der Waals surface area contributed by atoms with Crippen LogP contribution in [0.25, 0.3) is 0 Å². The van der Waals surface area contributed by atoms with Crippen molar-refractivity contribution in [2.45, 2.75) is 12.8 Å². The first-order valence-corrected chi connectivity index (χ1v) is 6.24. The van der Waals surface area contributed by atoms with Gasteiger partial charge in [-0.25, -0.2) is 0 Å². The highest BCUT2D eigenvalue weighted by atomic mass is 16.6. The number of rotatable bonds is 6. The van der Waals surface area contributed by atoms with E-state index in [0.29, 0.717) is 12.8 Å². The lowest BCUT2D eigenvalue weighted by atomic mass is 10.1. The van der Waals surface area contributed by atoms with Crippen LogP contribution in [0.2, 0.25) is 0 Å². The minimum absolute atomic E-state index is 0.0592. The summed E-state index contributed by atoms with van der Waals surface area (Å²) in [7, 11) is 1.30. The minimum Gasteiger partial charge on any atom is -0.496 e. The Morgan fingerprint density at radius 1 is 1.48 bits per heavy atom. The van der Waals surface area contributed by atoms with Crippen molar-refractivity contribution in [2.75, 3.05) is 13.7 Å². The third-order valence-electron chi connectivity index (χ3n) is 3.54. The first-order valence-electron chi connectivity index (χ1n) is 6.24. The van der Waals surface area contributed by atoms with Gasteiger partial charge >= 0.3 is 5.97 Å². The summed E-state index contributed by atoms with van der Waals surface area (Å²) in [4.78, 5) is 33.5. The van der Waals surface area contributed by atoms with E-state index in [1.165, 1.54) is 25.3 Å². The highest BCUT2D eigenvalue weighted by Gasteiger charge is 2.50. The van der Waals surface area contributed by atoms with Crippen LogP contribution >= 0.6 is 0 Å². The fraction of sp³-hybridized carbons (Fsp3) is 0.385. The van der Waals surface area contributed by atoms with Crippen molar-refractivity contribution in [3.8, 4) is 5.75 Å². The van der Waals surface area contributed by atoms with Crippen LogP contribution in [-0.4, -0.2) is 35.6 Å². The van der Waals surface area contributed by atoms with E-state index in [0.717, 1.165) is 0 Å². The second-order valence-electron chi connectivity index (χ2n) is 4.88. The average molecular weight is 294 g/mol. The number of nitro benzene ring substituents is 1. The number of carbonyl (C=O) groups is 2. The summed E-state index contributed by atoms with van der Waals surface area (Å²) in [6.07, 6.45) is 0.966. The lowest BCUT2D eigenvalue weighted by Crippen LogP contribution is -2.34. The Morgan fingerprint density at radius 2 is 2.14 bits per heavy atom. The summed E-state index contributed by atoms with van der Waals surface area (Å²) in [5.74, 6) is -1.62. The Morgan fingerprint density at radius 3 is 2.62 bits per heavy atom. The molecule has 0 bridgehead atoms. The normalized spacial score (nSPS) is 15.1. The predicted octanol–water partition coefficient (Wildman–Crippen LogP) is 1.20. The van der Waals surface area contributed by atoms with Crippen molar-refractivity contribution < 1.29 is 24.4 Å². The fourth-order valence-electron chi connectivity index (χ4n) is 2.03. The Hall–Kier alpha value is -2.64. The van der Waals surface area contributed by atoms with Gasteiger partial charge in [-0.3, -0.25) is 19.7 Å². The van der Waals surface area contributed by atoms with Gasteiger partial charge in [0.15, 0.2) is 5.56 Å². The van der Waals surface area contributed by atoms with Gasteiger partial charge in [-0.05, 0) is 18.9 Å². The number of nitrogens with one attached hydrogen (secondary N) is 1. The molecule has 0 unspecified atom stereocenters. The molecule has 0 atom stereocenters. The van der Waals surface area contributed by atoms with Crippen LogP contribution in [-0.2, 0) is 4.79 Å². The molecule has 0 radical (unpaired) electrons. The molecule has 1 aromatic carbocycles. The van der Waals surface area contributed by atoms with Gasteiger partial charge in [0.05, 0.1) is 17.4 Å². The lowest BCUT2D eigenvalue weighted by Gasteiger charge is -2.13. The number of nitro groups is 1. The van der Waals surface area contributed by atoms with Crippen LogP contribution in [0.4, 0.5) is 5.69 Å². The molecule has 0 heterocycles. The van der Waals surface area contributed by atoms with Gasteiger partial charge in [0.2, 0.25) is 0 Å². The zero-order valence-electron chi connectivity index (χ0n) is 11.3. The first kappa shape index (κ1) is 14.8. The molecule has 1 aliphatic rings. The predicted molar refractivity (Wildman–Crippen MR) is 71.3 cm³/mol. The number of hydrogen-bond acceptors (Lipinski definition) is 5. The van der Waals surface area contributed by atoms with E-state index in [9.17, 15) is 19.7 Å². The molecule has 0 aromatic heterocycles.